The first kappa shape index (κ1) is 13.8. The highest BCUT2D eigenvalue weighted by molar-refractivity contribution is 5.96. The lowest BCUT2D eigenvalue weighted by atomic mass is 10.2. The normalized spacial score (nSPS) is 16.6. The van der Waals surface area contributed by atoms with Crippen LogP contribution in [0.2, 0.25) is 0 Å². The Kier molecular flexibility index (Phi) is 4.70. The lowest BCUT2D eigenvalue weighted by Crippen LogP contribution is -2.49. The van der Waals surface area contributed by atoms with Gasteiger partial charge >= 0.3 is 0 Å². The highest BCUT2D eigenvalue weighted by Crippen LogP contribution is 2.17. The third-order valence-electron chi connectivity index (χ3n) is 3.37. The van der Waals surface area contributed by atoms with Gasteiger partial charge in [0.1, 0.15) is 5.75 Å². The Labute approximate surface area is 112 Å². The van der Waals surface area contributed by atoms with E-state index < -0.39 is 0 Å². The average Bonchev–Trinajstić information content (AvgIpc) is 2.45. The van der Waals surface area contributed by atoms with Crippen molar-refractivity contribution in [2.24, 2.45) is 5.73 Å². The number of hydrogen-bond donors (Lipinski definition) is 2. The average molecular weight is 264 g/mol. The van der Waals surface area contributed by atoms with E-state index in [4.69, 9.17) is 5.73 Å². The Bertz CT molecular complexity index is 430. The van der Waals surface area contributed by atoms with Crippen LogP contribution in [0.5, 0.6) is 5.75 Å². The number of nitrogens with two attached hydrogens (primary N) is 1. The molecule has 0 spiro atoms. The van der Waals surface area contributed by atoms with Crippen molar-refractivity contribution < 1.29 is 9.90 Å². The van der Waals surface area contributed by atoms with Gasteiger partial charge in [-0.2, -0.15) is 0 Å². The topological polar surface area (TPSA) is 82.7 Å². The van der Waals surface area contributed by atoms with Crippen LogP contribution in [-0.4, -0.2) is 65.1 Å². The van der Waals surface area contributed by atoms with E-state index in [1.165, 1.54) is 12.4 Å². The van der Waals surface area contributed by atoms with E-state index in [1.807, 2.05) is 0 Å². The second kappa shape index (κ2) is 6.49. The van der Waals surface area contributed by atoms with E-state index in [-0.39, 0.29) is 11.7 Å². The fourth-order valence-corrected chi connectivity index (χ4v) is 2.23. The molecule has 1 aromatic rings. The molecule has 0 aromatic carbocycles. The molecule has 1 aliphatic heterocycles. The molecule has 0 radical (unpaired) electrons. The first-order valence-corrected chi connectivity index (χ1v) is 6.57. The molecule has 1 aliphatic rings. The summed E-state index contributed by atoms with van der Waals surface area (Å²) in [4.78, 5) is 20.1. The van der Waals surface area contributed by atoms with Gasteiger partial charge in [0, 0.05) is 32.4 Å². The summed E-state index contributed by atoms with van der Waals surface area (Å²) in [5.74, 6) is -0.184. The molecule has 2 rings (SSSR count). The molecule has 1 fully saturated rings. The Morgan fingerprint density at radius 3 is 2.74 bits per heavy atom. The molecule has 104 valence electrons. The summed E-state index contributed by atoms with van der Waals surface area (Å²) in [7, 11) is 0. The van der Waals surface area contributed by atoms with E-state index in [1.54, 1.807) is 11.0 Å². The van der Waals surface area contributed by atoms with E-state index >= 15 is 0 Å². The first-order chi connectivity index (χ1) is 9.22. The minimum Gasteiger partial charge on any atom is -0.505 e. The maximum Gasteiger partial charge on any atom is 0.257 e. The van der Waals surface area contributed by atoms with Gasteiger partial charge in [-0.15, -0.1) is 0 Å². The highest BCUT2D eigenvalue weighted by Gasteiger charge is 2.23. The van der Waals surface area contributed by atoms with E-state index in [0.717, 1.165) is 26.1 Å². The maximum absolute atomic E-state index is 12.2. The smallest absolute Gasteiger partial charge is 0.257 e. The maximum atomic E-state index is 12.2. The third kappa shape index (κ3) is 3.42. The summed E-state index contributed by atoms with van der Waals surface area (Å²) in [5.41, 5.74) is 5.81. The fourth-order valence-electron chi connectivity index (χ4n) is 2.23. The summed E-state index contributed by atoms with van der Waals surface area (Å²) in [6, 6.07) is 1.55. The van der Waals surface area contributed by atoms with Crippen molar-refractivity contribution in [1.29, 1.82) is 0 Å². The zero-order chi connectivity index (χ0) is 13.7. The molecular formula is C13H20N4O2. The second-order valence-corrected chi connectivity index (χ2v) is 4.67. The van der Waals surface area contributed by atoms with Crippen molar-refractivity contribution in [1.82, 2.24) is 14.8 Å². The van der Waals surface area contributed by atoms with Crippen molar-refractivity contribution >= 4 is 5.91 Å². The molecule has 1 aromatic heterocycles. The van der Waals surface area contributed by atoms with E-state index in [0.29, 0.717) is 25.2 Å². The molecule has 1 saturated heterocycles. The predicted molar refractivity (Wildman–Crippen MR) is 71.9 cm³/mol. The second-order valence-electron chi connectivity index (χ2n) is 4.67. The summed E-state index contributed by atoms with van der Waals surface area (Å²) in [6.07, 6.45) is 3.80. The predicted octanol–water partition coefficient (Wildman–Crippen LogP) is -0.106. The number of aromatic hydroxyl groups is 1. The van der Waals surface area contributed by atoms with E-state index in [9.17, 15) is 9.90 Å². The molecule has 6 nitrogen and oxygen atoms in total. The van der Waals surface area contributed by atoms with E-state index in [2.05, 4.69) is 9.88 Å². The standard InChI is InChI=1S/C13H20N4O2/c14-3-1-5-16-6-8-17(9-7-16)13(19)11-2-4-15-10-12(11)18/h2,4,10,18H,1,3,5-9,14H2. The van der Waals surface area contributed by atoms with Gasteiger partial charge < -0.3 is 15.7 Å². The van der Waals surface area contributed by atoms with Crippen molar-refractivity contribution in [3.63, 3.8) is 0 Å². The van der Waals surface area contributed by atoms with Crippen LogP contribution in [0.3, 0.4) is 0 Å². The molecule has 0 aliphatic carbocycles. The molecule has 0 bridgehead atoms. The Hall–Kier alpha value is -1.66. The van der Waals surface area contributed by atoms with Crippen LogP contribution in [0.1, 0.15) is 16.8 Å². The molecule has 0 saturated carbocycles. The van der Waals surface area contributed by atoms with Crippen molar-refractivity contribution in [3.8, 4) is 5.75 Å². The number of carbonyl (C=O) groups excluding carboxylic acids is 1. The molecular weight excluding hydrogens is 244 g/mol. The molecule has 6 heteroatoms. The van der Waals surface area contributed by atoms with Gasteiger partial charge in [-0.1, -0.05) is 0 Å². The zero-order valence-electron chi connectivity index (χ0n) is 11.0. The Balaban J connectivity index is 1.91. The summed E-state index contributed by atoms with van der Waals surface area (Å²) in [5, 5.41) is 9.65. The number of pyridine rings is 1. The van der Waals surface area contributed by atoms with Crippen LogP contribution in [0.25, 0.3) is 0 Å². The third-order valence-corrected chi connectivity index (χ3v) is 3.37. The van der Waals surface area contributed by atoms with Crippen LogP contribution in [0.4, 0.5) is 0 Å². The molecule has 0 atom stereocenters. The zero-order valence-corrected chi connectivity index (χ0v) is 11.0. The van der Waals surface area contributed by atoms with Gasteiger partial charge in [0.25, 0.3) is 5.91 Å². The monoisotopic (exact) mass is 264 g/mol. The summed E-state index contributed by atoms with van der Waals surface area (Å²) in [6.45, 7) is 4.77. The summed E-state index contributed by atoms with van der Waals surface area (Å²) < 4.78 is 0. The van der Waals surface area contributed by atoms with Gasteiger partial charge in [-0.05, 0) is 25.6 Å². The Morgan fingerprint density at radius 1 is 1.37 bits per heavy atom. The number of hydrogen-bond acceptors (Lipinski definition) is 5. The minimum absolute atomic E-state index is 0.0574. The molecule has 1 amide bonds. The summed E-state index contributed by atoms with van der Waals surface area (Å²) >= 11 is 0. The van der Waals surface area contributed by atoms with Crippen molar-refractivity contribution in [3.05, 3.63) is 24.0 Å². The van der Waals surface area contributed by atoms with Crippen LogP contribution >= 0.6 is 0 Å². The van der Waals surface area contributed by atoms with Gasteiger partial charge in [0.05, 0.1) is 11.8 Å². The Morgan fingerprint density at radius 2 is 2.11 bits per heavy atom. The van der Waals surface area contributed by atoms with Crippen LogP contribution in [0, 0.1) is 0 Å². The number of rotatable bonds is 4. The van der Waals surface area contributed by atoms with Gasteiger partial charge in [0.2, 0.25) is 0 Å². The number of nitrogens with zero attached hydrogens (tertiary/aromatic N) is 3. The van der Waals surface area contributed by atoms with Crippen LogP contribution < -0.4 is 5.73 Å². The highest BCUT2D eigenvalue weighted by atomic mass is 16.3. The van der Waals surface area contributed by atoms with Crippen molar-refractivity contribution in [2.45, 2.75) is 6.42 Å². The SMILES string of the molecule is NCCCN1CCN(C(=O)c2ccncc2O)CC1. The minimum atomic E-state index is -0.127. The van der Waals surface area contributed by atoms with Crippen molar-refractivity contribution in [2.75, 3.05) is 39.3 Å². The molecule has 3 N–H and O–H groups in total. The number of carbonyl (C=O) groups is 1. The lowest BCUT2D eigenvalue weighted by molar-refractivity contribution is 0.0633. The molecule has 0 unspecified atom stereocenters. The van der Waals surface area contributed by atoms with Crippen LogP contribution in [0.15, 0.2) is 18.5 Å². The van der Waals surface area contributed by atoms with Gasteiger partial charge in [-0.3, -0.25) is 14.7 Å². The molecule has 2 heterocycles. The lowest BCUT2D eigenvalue weighted by Gasteiger charge is -2.34. The number of amides is 1. The first-order valence-electron chi connectivity index (χ1n) is 6.57. The number of aromatic nitrogens is 1. The fraction of sp³-hybridized carbons (Fsp3) is 0.538. The molecule has 19 heavy (non-hydrogen) atoms. The quantitative estimate of drug-likeness (QED) is 0.793. The number of piperazine rings is 1. The van der Waals surface area contributed by atoms with Gasteiger partial charge in [0.15, 0.2) is 0 Å². The van der Waals surface area contributed by atoms with Crippen LogP contribution in [-0.2, 0) is 0 Å². The van der Waals surface area contributed by atoms with Gasteiger partial charge in [-0.25, -0.2) is 0 Å². The largest absolute Gasteiger partial charge is 0.505 e.